The topological polar surface area (TPSA) is 83.6 Å². The molecule has 2 aromatic carbocycles. The van der Waals surface area contributed by atoms with Gasteiger partial charge in [0.1, 0.15) is 19.0 Å². The Labute approximate surface area is 269 Å². The van der Waals surface area contributed by atoms with Crippen LogP contribution in [0, 0.1) is 0 Å². The lowest BCUT2D eigenvalue weighted by atomic mass is 9.90. The Morgan fingerprint density at radius 1 is 1.04 bits per heavy atom. The summed E-state index contributed by atoms with van der Waals surface area (Å²) in [5.74, 6) is 2.26. The molecule has 2 aliphatic heterocycles. The second-order valence-corrected chi connectivity index (χ2v) is 11.2. The number of rotatable bonds is 14. The molecule has 0 bridgehead atoms. The Morgan fingerprint density at radius 2 is 1.71 bits per heavy atom. The van der Waals surface area contributed by atoms with Crippen molar-refractivity contribution < 1.29 is 23.8 Å². The van der Waals surface area contributed by atoms with E-state index in [9.17, 15) is 4.79 Å². The number of allylic oxidation sites excluding steroid dienone is 2. The van der Waals surface area contributed by atoms with Crippen LogP contribution in [0.2, 0.25) is 0 Å². The third-order valence-corrected chi connectivity index (χ3v) is 7.97. The minimum Gasteiger partial charge on any atom is -0.493 e. The zero-order chi connectivity index (χ0) is 32.6. The Kier molecular flexibility index (Phi) is 14.7. The molecule has 0 saturated carbocycles. The molecule has 0 atom stereocenters. The number of hydrogen-bond donors (Lipinski definition) is 1. The van der Waals surface area contributed by atoms with Gasteiger partial charge in [0.2, 0.25) is 6.41 Å². The van der Waals surface area contributed by atoms with Gasteiger partial charge in [0.15, 0.2) is 11.5 Å². The molecule has 2 amide bonds. The summed E-state index contributed by atoms with van der Waals surface area (Å²) in [4.78, 5) is 28.7. The van der Waals surface area contributed by atoms with Crippen LogP contribution in [-0.2, 0) is 27.4 Å². The number of benzene rings is 2. The van der Waals surface area contributed by atoms with Gasteiger partial charge < -0.3 is 29.3 Å². The first kappa shape index (κ1) is 35.4. The van der Waals surface area contributed by atoms with Crippen LogP contribution in [0.1, 0.15) is 36.5 Å². The van der Waals surface area contributed by atoms with Gasteiger partial charge in [-0.1, -0.05) is 49.9 Å². The summed E-state index contributed by atoms with van der Waals surface area (Å²) in [6.45, 7) is 15.6. The maximum atomic E-state index is 13.1. The van der Waals surface area contributed by atoms with Gasteiger partial charge in [0.25, 0.3) is 5.91 Å². The van der Waals surface area contributed by atoms with Gasteiger partial charge in [-0.3, -0.25) is 14.5 Å². The van der Waals surface area contributed by atoms with E-state index in [0.717, 1.165) is 50.3 Å². The maximum absolute atomic E-state index is 13.1. The Morgan fingerprint density at radius 3 is 2.31 bits per heavy atom. The van der Waals surface area contributed by atoms with Gasteiger partial charge in [-0.25, -0.2) is 0 Å². The highest BCUT2D eigenvalue weighted by atomic mass is 16.5. The van der Waals surface area contributed by atoms with Crippen LogP contribution in [-0.4, -0.2) is 101 Å². The normalized spacial score (nSPS) is 15.9. The number of hydrogen-bond acceptors (Lipinski definition) is 7. The number of nitrogens with one attached hydrogen (secondary N) is 1. The van der Waals surface area contributed by atoms with E-state index in [2.05, 4.69) is 66.0 Å². The fourth-order valence-corrected chi connectivity index (χ4v) is 5.05. The number of ether oxygens (including phenoxy) is 3. The lowest BCUT2D eigenvalue weighted by Gasteiger charge is -2.40. The molecule has 2 aromatic rings. The molecule has 45 heavy (non-hydrogen) atoms. The molecule has 0 aliphatic carbocycles. The fraction of sp³-hybridized carbons (Fsp3) is 0.444. The first-order chi connectivity index (χ1) is 21.8. The highest BCUT2D eigenvalue weighted by Gasteiger charge is 2.33. The van der Waals surface area contributed by atoms with Crippen molar-refractivity contribution in [2.75, 3.05) is 73.6 Å². The summed E-state index contributed by atoms with van der Waals surface area (Å²) in [5.41, 5.74) is 4.00. The molecule has 4 rings (SSSR count). The van der Waals surface area contributed by atoms with E-state index in [1.165, 1.54) is 5.56 Å². The molecule has 0 spiro atoms. The van der Waals surface area contributed by atoms with Crippen LogP contribution in [0.15, 0.2) is 78.6 Å². The molecule has 244 valence electrons. The summed E-state index contributed by atoms with van der Waals surface area (Å²) in [6, 6.07) is 14.5. The minimum absolute atomic E-state index is 0.0630. The average molecular weight is 619 g/mol. The first-order valence-corrected chi connectivity index (χ1v) is 15.7. The van der Waals surface area contributed by atoms with E-state index in [4.69, 9.17) is 19.0 Å². The number of carbonyl (C=O) groups is 2. The molecule has 0 aromatic heterocycles. The highest BCUT2D eigenvalue weighted by Crippen LogP contribution is 2.35. The van der Waals surface area contributed by atoms with Crippen molar-refractivity contribution in [1.29, 1.82) is 0 Å². The summed E-state index contributed by atoms with van der Waals surface area (Å²) < 4.78 is 17.7. The monoisotopic (exact) mass is 618 g/mol. The van der Waals surface area contributed by atoms with Gasteiger partial charge in [-0.05, 0) is 61.4 Å². The third-order valence-electron chi connectivity index (χ3n) is 7.97. The number of aryl methyl sites for hydroxylation is 1. The molecular formula is C36H50N4O5. The molecule has 1 N–H and O–H groups in total. The van der Waals surface area contributed by atoms with Crippen molar-refractivity contribution in [3.05, 3.63) is 95.3 Å². The standard InChI is InChI=1S/C34H45N3O4.C2H5NO/c1-6-8-31(40-20-19-36-17-15-35(4)16-18-36)21-26(3)34(38)37-23-30(24-37)29-13-14-32(33(22-29)39-5)41-25-28-11-9-27(7-2)10-12-28;1-3-2-4/h6,8-14,21-22,30H,3,7,15-20,23-25H2,1-2,4-5H3;2H,1H3,(H,3,4)/b8-6-,31-21+;. The number of likely N-dealkylation sites (tertiary alicyclic amines) is 1. The van der Waals surface area contributed by atoms with Crippen LogP contribution in [0.3, 0.4) is 0 Å². The van der Waals surface area contributed by atoms with Crippen molar-refractivity contribution in [2.45, 2.75) is 32.8 Å². The molecule has 2 heterocycles. The molecule has 2 fully saturated rings. The van der Waals surface area contributed by atoms with E-state index < -0.39 is 0 Å². The third kappa shape index (κ3) is 11.1. The summed E-state index contributed by atoms with van der Waals surface area (Å²) in [7, 11) is 5.37. The summed E-state index contributed by atoms with van der Waals surface area (Å²) >= 11 is 0. The molecule has 9 heteroatoms. The summed E-state index contributed by atoms with van der Waals surface area (Å²) in [6.07, 6.45) is 7.21. The number of piperazine rings is 1. The van der Waals surface area contributed by atoms with Crippen LogP contribution < -0.4 is 14.8 Å². The molecule has 9 nitrogen and oxygen atoms in total. The Hall–Kier alpha value is -4.08. The fourth-order valence-electron chi connectivity index (χ4n) is 5.05. The maximum Gasteiger partial charge on any atom is 0.253 e. The van der Waals surface area contributed by atoms with Crippen molar-refractivity contribution in [3.8, 4) is 11.5 Å². The average Bonchev–Trinajstić information content (AvgIpc) is 3.04. The number of nitrogens with zero attached hydrogens (tertiary/aromatic N) is 3. The smallest absolute Gasteiger partial charge is 0.253 e. The quantitative estimate of drug-likeness (QED) is 0.145. The lowest BCUT2D eigenvalue weighted by molar-refractivity contribution is -0.131. The van der Waals surface area contributed by atoms with Crippen molar-refractivity contribution in [3.63, 3.8) is 0 Å². The van der Waals surface area contributed by atoms with E-state index >= 15 is 0 Å². The predicted molar refractivity (Wildman–Crippen MR) is 180 cm³/mol. The second-order valence-electron chi connectivity index (χ2n) is 11.2. The second kappa shape index (κ2) is 18.7. The Balaban J connectivity index is 0.00000130. The van der Waals surface area contributed by atoms with Crippen LogP contribution in [0.25, 0.3) is 0 Å². The lowest BCUT2D eigenvalue weighted by Crippen LogP contribution is -2.48. The van der Waals surface area contributed by atoms with E-state index in [1.807, 2.05) is 36.1 Å². The SMILES string of the molecule is C=C(/C=C(\C=C/C)OCCN1CCN(C)CC1)C(=O)N1CC(c2ccc(OCc3ccc(CC)cc3)c(OC)c2)C1.CNC=O. The van der Waals surface area contributed by atoms with Gasteiger partial charge in [0, 0.05) is 64.4 Å². The molecule has 2 saturated heterocycles. The highest BCUT2D eigenvalue weighted by molar-refractivity contribution is 5.96. The van der Waals surface area contributed by atoms with Crippen LogP contribution in [0.5, 0.6) is 11.5 Å². The van der Waals surface area contributed by atoms with Crippen molar-refractivity contribution in [2.24, 2.45) is 0 Å². The molecular weight excluding hydrogens is 568 g/mol. The van der Waals surface area contributed by atoms with Crippen molar-refractivity contribution in [1.82, 2.24) is 20.0 Å². The van der Waals surface area contributed by atoms with E-state index in [-0.39, 0.29) is 11.8 Å². The summed E-state index contributed by atoms with van der Waals surface area (Å²) in [5, 5.41) is 2.25. The largest absolute Gasteiger partial charge is 0.493 e. The zero-order valence-electron chi connectivity index (χ0n) is 27.6. The van der Waals surface area contributed by atoms with Gasteiger partial charge in [-0.15, -0.1) is 0 Å². The van der Waals surface area contributed by atoms with Gasteiger partial charge in [0.05, 0.1) is 7.11 Å². The number of amides is 2. The molecule has 2 aliphatic rings. The van der Waals surface area contributed by atoms with Gasteiger partial charge >= 0.3 is 0 Å². The Bertz CT molecular complexity index is 1290. The zero-order valence-corrected chi connectivity index (χ0v) is 27.6. The first-order valence-electron chi connectivity index (χ1n) is 15.7. The van der Waals surface area contributed by atoms with Crippen LogP contribution >= 0.6 is 0 Å². The minimum atomic E-state index is -0.0630. The number of likely N-dealkylation sites (N-methyl/N-ethyl adjacent to an activating group) is 1. The van der Waals surface area contributed by atoms with Crippen LogP contribution in [0.4, 0.5) is 0 Å². The van der Waals surface area contributed by atoms with E-state index in [1.54, 1.807) is 20.2 Å². The molecule has 0 radical (unpaired) electrons. The van der Waals surface area contributed by atoms with E-state index in [0.29, 0.717) is 55.5 Å². The van der Waals surface area contributed by atoms with Crippen molar-refractivity contribution >= 4 is 12.3 Å². The molecule has 0 unspecified atom stereocenters. The number of carbonyl (C=O) groups excluding carboxylic acids is 2. The predicted octanol–water partition coefficient (Wildman–Crippen LogP) is 4.40. The number of methoxy groups -OCH3 is 1. The van der Waals surface area contributed by atoms with Gasteiger partial charge in [-0.2, -0.15) is 0 Å².